The minimum atomic E-state index is -5.22. The minimum absolute atomic E-state index is 0.207. The number of rotatable bonds is 5. The van der Waals surface area contributed by atoms with Crippen molar-refractivity contribution in [2.75, 3.05) is 11.9 Å². The molecule has 0 unspecified atom stereocenters. The third-order valence-corrected chi connectivity index (χ3v) is 5.31. The number of alkyl halides is 6. The van der Waals surface area contributed by atoms with E-state index in [-0.39, 0.29) is 26.3 Å². The summed E-state index contributed by atoms with van der Waals surface area (Å²) in [5, 5.41) is 11.7. The third kappa shape index (κ3) is 5.03. The van der Waals surface area contributed by atoms with Crippen LogP contribution in [-0.4, -0.2) is 17.8 Å². The number of benzene rings is 2. The standard InChI is InChI=1S/C17H13Cl3F6N2O/c18-12-3-9(4-13(19)14(12)20)15(29,17(24,25)26)7-28-10-2-1-8(6-27)11(5-10)16(21,22)23/h1-5,28-29H,6-7,27H2/t15-/m0/s1. The fraction of sp³-hybridized carbons (Fsp3) is 0.294. The first-order valence-corrected chi connectivity index (χ1v) is 8.92. The number of nitrogens with one attached hydrogen (secondary N) is 1. The predicted octanol–water partition coefficient (Wildman–Crippen LogP) is 5.99. The lowest BCUT2D eigenvalue weighted by Crippen LogP contribution is -2.47. The highest BCUT2D eigenvalue weighted by molar-refractivity contribution is 6.48. The van der Waals surface area contributed by atoms with Crippen molar-refractivity contribution in [3.63, 3.8) is 0 Å². The van der Waals surface area contributed by atoms with Crippen LogP contribution in [0.25, 0.3) is 0 Å². The Labute approximate surface area is 176 Å². The van der Waals surface area contributed by atoms with Gasteiger partial charge >= 0.3 is 12.4 Å². The zero-order valence-corrected chi connectivity index (χ0v) is 16.5. The summed E-state index contributed by atoms with van der Waals surface area (Å²) in [6.07, 6.45) is -9.98. The van der Waals surface area contributed by atoms with Crippen molar-refractivity contribution >= 4 is 40.5 Å². The second-order valence-corrected chi connectivity index (χ2v) is 7.23. The molecule has 0 aromatic heterocycles. The molecule has 0 radical (unpaired) electrons. The summed E-state index contributed by atoms with van der Waals surface area (Å²) in [5.74, 6) is 0. The van der Waals surface area contributed by atoms with Crippen molar-refractivity contribution in [2.24, 2.45) is 5.73 Å². The molecule has 4 N–H and O–H groups in total. The Balaban J connectivity index is 2.43. The monoisotopic (exact) mass is 480 g/mol. The Morgan fingerprint density at radius 2 is 1.48 bits per heavy atom. The smallest absolute Gasteiger partial charge is 0.381 e. The van der Waals surface area contributed by atoms with Gasteiger partial charge in [-0.2, -0.15) is 26.3 Å². The summed E-state index contributed by atoms with van der Waals surface area (Å²) in [7, 11) is 0. The summed E-state index contributed by atoms with van der Waals surface area (Å²) in [6.45, 7) is -1.63. The molecule has 2 aromatic carbocycles. The number of hydrogen-bond acceptors (Lipinski definition) is 3. The molecular weight excluding hydrogens is 469 g/mol. The van der Waals surface area contributed by atoms with E-state index in [0.29, 0.717) is 6.07 Å². The van der Waals surface area contributed by atoms with Gasteiger partial charge in [0.05, 0.1) is 27.2 Å². The van der Waals surface area contributed by atoms with E-state index in [2.05, 4.69) is 5.32 Å². The van der Waals surface area contributed by atoms with E-state index in [0.717, 1.165) is 24.3 Å². The van der Waals surface area contributed by atoms with Crippen molar-refractivity contribution in [3.05, 3.63) is 62.1 Å². The summed E-state index contributed by atoms with van der Waals surface area (Å²) in [6, 6.07) is 4.33. The first-order chi connectivity index (χ1) is 13.2. The van der Waals surface area contributed by atoms with Crippen molar-refractivity contribution in [3.8, 4) is 0 Å². The molecule has 29 heavy (non-hydrogen) atoms. The second kappa shape index (κ2) is 8.39. The van der Waals surface area contributed by atoms with Crippen LogP contribution in [0.5, 0.6) is 0 Å². The van der Waals surface area contributed by atoms with E-state index in [4.69, 9.17) is 40.5 Å². The molecule has 160 valence electrons. The molecular formula is C17H13Cl3F6N2O. The third-order valence-electron chi connectivity index (χ3n) is 4.11. The van der Waals surface area contributed by atoms with Crippen molar-refractivity contribution in [2.45, 2.75) is 24.5 Å². The van der Waals surface area contributed by atoms with Crippen LogP contribution in [0, 0.1) is 0 Å². The number of anilines is 1. The van der Waals surface area contributed by atoms with Crippen molar-refractivity contribution < 1.29 is 31.4 Å². The second-order valence-electron chi connectivity index (χ2n) is 6.04. The van der Waals surface area contributed by atoms with Crippen LogP contribution in [0.3, 0.4) is 0 Å². The van der Waals surface area contributed by atoms with E-state index in [9.17, 15) is 31.4 Å². The van der Waals surface area contributed by atoms with Gasteiger partial charge in [-0.05, 0) is 35.4 Å². The Bertz CT molecular complexity index is 881. The maximum absolute atomic E-state index is 13.6. The van der Waals surface area contributed by atoms with Crippen LogP contribution in [0.15, 0.2) is 30.3 Å². The van der Waals surface area contributed by atoms with Gasteiger partial charge in [0.1, 0.15) is 0 Å². The van der Waals surface area contributed by atoms with Crippen LogP contribution < -0.4 is 11.1 Å². The number of nitrogens with two attached hydrogens (primary N) is 1. The molecule has 0 fully saturated rings. The maximum Gasteiger partial charge on any atom is 0.423 e. The lowest BCUT2D eigenvalue weighted by atomic mass is 9.92. The molecule has 12 heteroatoms. The lowest BCUT2D eigenvalue weighted by molar-refractivity contribution is -0.260. The van der Waals surface area contributed by atoms with Crippen molar-refractivity contribution in [1.82, 2.24) is 0 Å². The quantitative estimate of drug-likeness (QED) is 0.363. The largest absolute Gasteiger partial charge is 0.423 e. The Kier molecular flexibility index (Phi) is 6.91. The van der Waals surface area contributed by atoms with Gasteiger partial charge < -0.3 is 16.2 Å². The fourth-order valence-electron chi connectivity index (χ4n) is 2.52. The fourth-order valence-corrected chi connectivity index (χ4v) is 3.11. The molecule has 0 aliphatic rings. The highest BCUT2D eigenvalue weighted by Gasteiger charge is 2.55. The summed E-state index contributed by atoms with van der Waals surface area (Å²) in [5.41, 5.74) is -0.611. The van der Waals surface area contributed by atoms with Gasteiger partial charge in [0.2, 0.25) is 5.60 Å². The van der Waals surface area contributed by atoms with Crippen LogP contribution in [0.1, 0.15) is 16.7 Å². The highest BCUT2D eigenvalue weighted by atomic mass is 35.5. The minimum Gasteiger partial charge on any atom is -0.381 e. The topological polar surface area (TPSA) is 58.3 Å². The Morgan fingerprint density at radius 1 is 0.931 bits per heavy atom. The Hall–Kier alpha value is -1.39. The van der Waals surface area contributed by atoms with Crippen molar-refractivity contribution in [1.29, 1.82) is 0 Å². The molecule has 0 saturated carbocycles. The number of hydrogen-bond donors (Lipinski definition) is 3. The average Bonchev–Trinajstić information content (AvgIpc) is 2.61. The summed E-state index contributed by atoms with van der Waals surface area (Å²) < 4.78 is 80.3. The molecule has 2 rings (SSSR count). The Morgan fingerprint density at radius 3 is 1.93 bits per heavy atom. The van der Waals surface area contributed by atoms with E-state index in [1.807, 2.05) is 0 Å². The van der Waals surface area contributed by atoms with E-state index in [1.54, 1.807) is 0 Å². The van der Waals surface area contributed by atoms with Gasteiger partial charge in [-0.15, -0.1) is 0 Å². The van der Waals surface area contributed by atoms with Gasteiger partial charge in [-0.25, -0.2) is 0 Å². The normalized spacial score (nSPS) is 14.6. The van der Waals surface area contributed by atoms with E-state index in [1.165, 1.54) is 0 Å². The molecule has 0 heterocycles. The van der Waals surface area contributed by atoms with Gasteiger partial charge in [-0.1, -0.05) is 40.9 Å². The molecule has 0 spiro atoms. The van der Waals surface area contributed by atoms with Gasteiger partial charge in [0.15, 0.2) is 0 Å². The van der Waals surface area contributed by atoms with E-state index >= 15 is 0 Å². The highest BCUT2D eigenvalue weighted by Crippen LogP contribution is 2.43. The molecule has 3 nitrogen and oxygen atoms in total. The summed E-state index contributed by atoms with van der Waals surface area (Å²) in [4.78, 5) is 0. The molecule has 0 saturated heterocycles. The molecule has 2 aromatic rings. The number of aliphatic hydroxyl groups is 1. The van der Waals surface area contributed by atoms with Crippen LogP contribution >= 0.6 is 34.8 Å². The summed E-state index contributed by atoms with van der Waals surface area (Å²) >= 11 is 17.2. The molecule has 0 aliphatic carbocycles. The van der Waals surface area contributed by atoms with Gasteiger partial charge in [0, 0.05) is 12.2 Å². The first-order valence-electron chi connectivity index (χ1n) is 7.79. The average molecular weight is 482 g/mol. The molecule has 0 bridgehead atoms. The molecule has 1 atom stereocenters. The van der Waals surface area contributed by atoms with Crippen LogP contribution in [-0.2, 0) is 18.3 Å². The maximum atomic E-state index is 13.6. The van der Waals surface area contributed by atoms with E-state index < -0.39 is 42.2 Å². The number of halogens is 9. The van der Waals surface area contributed by atoms with Crippen LogP contribution in [0.2, 0.25) is 15.1 Å². The molecule has 0 aliphatic heterocycles. The zero-order valence-electron chi connectivity index (χ0n) is 14.2. The SMILES string of the molecule is NCc1ccc(NC[C@](O)(c2cc(Cl)c(Cl)c(Cl)c2)C(F)(F)F)cc1C(F)(F)F. The van der Waals surface area contributed by atoms with Crippen LogP contribution in [0.4, 0.5) is 32.0 Å². The molecule has 0 amide bonds. The lowest BCUT2D eigenvalue weighted by Gasteiger charge is -2.32. The predicted molar refractivity (Wildman–Crippen MR) is 99.2 cm³/mol. The first kappa shape index (κ1) is 23.9. The zero-order chi connectivity index (χ0) is 22.2. The van der Waals surface area contributed by atoms with Gasteiger partial charge in [0.25, 0.3) is 0 Å². The van der Waals surface area contributed by atoms with Gasteiger partial charge in [-0.3, -0.25) is 0 Å².